The molecule has 0 unspecified atom stereocenters. The van der Waals surface area contributed by atoms with Gasteiger partial charge in [0.15, 0.2) is 5.16 Å². The smallest absolute Gasteiger partial charge is 0.166 e. The molecule has 0 aliphatic carbocycles. The minimum Gasteiger partial charge on any atom is -0.399 e. The van der Waals surface area contributed by atoms with Crippen molar-refractivity contribution >= 4 is 28.5 Å². The van der Waals surface area contributed by atoms with E-state index in [1.807, 2.05) is 18.2 Å². The van der Waals surface area contributed by atoms with E-state index in [1.165, 1.54) is 0 Å². The fraction of sp³-hybridized carbons (Fsp3) is 0.462. The molecule has 1 aromatic heterocycles. The Hall–Kier alpha value is -1.24. The summed E-state index contributed by atoms with van der Waals surface area (Å²) in [5, 5.41) is 0.904. The van der Waals surface area contributed by atoms with Gasteiger partial charge in [-0.15, -0.1) is 0 Å². The number of imidazole rings is 1. The lowest BCUT2D eigenvalue weighted by Crippen LogP contribution is -2.02. The van der Waals surface area contributed by atoms with Gasteiger partial charge in [0.05, 0.1) is 17.6 Å². The van der Waals surface area contributed by atoms with Crippen molar-refractivity contribution in [2.75, 3.05) is 38.4 Å². The van der Waals surface area contributed by atoms with Crippen LogP contribution in [0, 0.1) is 0 Å². The number of nitrogens with zero attached hydrogens (tertiary/aromatic N) is 1. The van der Waals surface area contributed by atoms with Gasteiger partial charge in [0, 0.05) is 31.8 Å². The zero-order valence-electron chi connectivity index (χ0n) is 11.0. The lowest BCUT2D eigenvalue weighted by Gasteiger charge is -2.02. The van der Waals surface area contributed by atoms with Crippen LogP contribution in [0.15, 0.2) is 23.4 Å². The van der Waals surface area contributed by atoms with E-state index in [9.17, 15) is 0 Å². The number of methoxy groups -OCH3 is 1. The van der Waals surface area contributed by atoms with Crippen molar-refractivity contribution in [2.24, 2.45) is 0 Å². The average Bonchev–Trinajstić information content (AvgIpc) is 2.79. The fourth-order valence-electron chi connectivity index (χ4n) is 1.68. The van der Waals surface area contributed by atoms with Crippen molar-refractivity contribution in [3.8, 4) is 0 Å². The minimum absolute atomic E-state index is 0.716. The monoisotopic (exact) mass is 281 g/mol. The third-order valence-corrected chi connectivity index (χ3v) is 3.43. The summed E-state index contributed by atoms with van der Waals surface area (Å²) in [6.07, 6.45) is 0.936. The second-order valence-electron chi connectivity index (χ2n) is 4.13. The molecule has 3 N–H and O–H groups in total. The first-order chi connectivity index (χ1) is 9.29. The van der Waals surface area contributed by atoms with Crippen LogP contribution in [0.3, 0.4) is 0 Å². The molecule has 0 fully saturated rings. The molecular weight excluding hydrogens is 262 g/mol. The van der Waals surface area contributed by atoms with Crippen LogP contribution in [0.1, 0.15) is 6.42 Å². The number of anilines is 1. The van der Waals surface area contributed by atoms with Crippen LogP contribution in [-0.4, -0.2) is 42.7 Å². The number of aromatic nitrogens is 2. The summed E-state index contributed by atoms with van der Waals surface area (Å²) in [7, 11) is 1.70. The van der Waals surface area contributed by atoms with Crippen LogP contribution in [-0.2, 0) is 9.47 Å². The molecule has 0 bridgehead atoms. The molecule has 0 saturated heterocycles. The van der Waals surface area contributed by atoms with Gasteiger partial charge in [0.25, 0.3) is 0 Å². The van der Waals surface area contributed by atoms with E-state index in [0.29, 0.717) is 6.61 Å². The molecular formula is C13H19N3O2S. The maximum absolute atomic E-state index is 5.73. The SMILES string of the molecule is COCCCOCCSc1nc2ccc(N)cc2[nH]1. The highest BCUT2D eigenvalue weighted by Crippen LogP contribution is 2.20. The number of aromatic amines is 1. The number of rotatable bonds is 8. The first-order valence-electron chi connectivity index (χ1n) is 6.24. The Kier molecular flexibility index (Phi) is 5.50. The van der Waals surface area contributed by atoms with Crippen LogP contribution in [0.25, 0.3) is 11.0 Å². The van der Waals surface area contributed by atoms with Crippen molar-refractivity contribution in [3.63, 3.8) is 0 Å². The predicted molar refractivity (Wildman–Crippen MR) is 78.5 cm³/mol. The molecule has 6 heteroatoms. The third-order valence-electron chi connectivity index (χ3n) is 2.59. The normalized spacial score (nSPS) is 11.2. The highest BCUT2D eigenvalue weighted by molar-refractivity contribution is 7.99. The lowest BCUT2D eigenvalue weighted by atomic mass is 10.3. The predicted octanol–water partition coefficient (Wildman–Crippen LogP) is 2.29. The average molecular weight is 281 g/mol. The van der Waals surface area contributed by atoms with Crippen LogP contribution >= 0.6 is 11.8 Å². The molecule has 0 aliphatic heterocycles. The Morgan fingerprint density at radius 1 is 1.32 bits per heavy atom. The summed E-state index contributed by atoms with van der Waals surface area (Å²) in [6.45, 7) is 2.21. The summed E-state index contributed by atoms with van der Waals surface area (Å²) < 4.78 is 10.4. The number of nitrogens with one attached hydrogen (secondary N) is 1. The van der Waals surface area contributed by atoms with E-state index < -0.39 is 0 Å². The van der Waals surface area contributed by atoms with Crippen LogP contribution in [0.2, 0.25) is 0 Å². The quantitative estimate of drug-likeness (QED) is 0.441. The standard InChI is InChI=1S/C13H19N3O2S/c1-17-5-2-6-18-7-8-19-13-15-11-4-3-10(14)9-12(11)16-13/h3-4,9H,2,5-8,14H2,1H3,(H,15,16). The van der Waals surface area contributed by atoms with Crippen LogP contribution < -0.4 is 5.73 Å². The fourth-order valence-corrected chi connectivity index (χ4v) is 2.42. The van der Waals surface area contributed by atoms with Gasteiger partial charge in [0.1, 0.15) is 0 Å². The molecule has 104 valence electrons. The number of fused-ring (bicyclic) bond motifs is 1. The number of nitrogens with two attached hydrogens (primary N) is 1. The molecule has 5 nitrogen and oxygen atoms in total. The number of thioether (sulfide) groups is 1. The van der Waals surface area contributed by atoms with Gasteiger partial charge in [-0.05, 0) is 24.6 Å². The first kappa shape index (κ1) is 14.2. The summed E-state index contributed by atoms with van der Waals surface area (Å²) in [4.78, 5) is 7.72. The minimum atomic E-state index is 0.716. The Morgan fingerprint density at radius 3 is 3.05 bits per heavy atom. The van der Waals surface area contributed by atoms with Crippen molar-refractivity contribution in [2.45, 2.75) is 11.6 Å². The van der Waals surface area contributed by atoms with E-state index in [4.69, 9.17) is 15.2 Å². The Balaban J connectivity index is 1.72. The van der Waals surface area contributed by atoms with Gasteiger partial charge in [-0.2, -0.15) is 0 Å². The zero-order valence-corrected chi connectivity index (χ0v) is 11.8. The number of hydrogen-bond donors (Lipinski definition) is 2. The molecule has 0 spiro atoms. The van der Waals surface area contributed by atoms with E-state index in [2.05, 4.69) is 9.97 Å². The molecule has 2 aromatic rings. The molecule has 0 atom stereocenters. The third kappa shape index (κ3) is 4.41. The largest absolute Gasteiger partial charge is 0.399 e. The van der Waals surface area contributed by atoms with Gasteiger partial charge >= 0.3 is 0 Å². The topological polar surface area (TPSA) is 73.2 Å². The maximum Gasteiger partial charge on any atom is 0.166 e. The number of nitrogen functional groups attached to an aromatic ring is 1. The second-order valence-corrected chi connectivity index (χ2v) is 5.21. The lowest BCUT2D eigenvalue weighted by molar-refractivity contribution is 0.113. The molecule has 1 aromatic carbocycles. The van der Waals surface area contributed by atoms with Gasteiger partial charge in [-0.25, -0.2) is 4.98 Å². The maximum atomic E-state index is 5.73. The van der Waals surface area contributed by atoms with Crippen molar-refractivity contribution in [1.29, 1.82) is 0 Å². The van der Waals surface area contributed by atoms with Crippen molar-refractivity contribution < 1.29 is 9.47 Å². The van der Waals surface area contributed by atoms with E-state index in [0.717, 1.165) is 47.3 Å². The Morgan fingerprint density at radius 2 is 2.21 bits per heavy atom. The highest BCUT2D eigenvalue weighted by atomic mass is 32.2. The Labute approximate surface area is 116 Å². The molecule has 0 saturated carbocycles. The van der Waals surface area contributed by atoms with E-state index >= 15 is 0 Å². The molecule has 0 radical (unpaired) electrons. The van der Waals surface area contributed by atoms with Crippen LogP contribution in [0.4, 0.5) is 5.69 Å². The molecule has 19 heavy (non-hydrogen) atoms. The van der Waals surface area contributed by atoms with Crippen molar-refractivity contribution in [3.05, 3.63) is 18.2 Å². The molecule has 0 amide bonds. The van der Waals surface area contributed by atoms with Crippen LogP contribution in [0.5, 0.6) is 0 Å². The molecule has 0 aliphatic rings. The molecule has 2 rings (SSSR count). The number of hydrogen-bond acceptors (Lipinski definition) is 5. The number of ether oxygens (including phenoxy) is 2. The Bertz CT molecular complexity index is 516. The van der Waals surface area contributed by atoms with Gasteiger partial charge in [-0.1, -0.05) is 11.8 Å². The summed E-state index contributed by atoms with van der Waals surface area (Å²) in [5.74, 6) is 0.877. The van der Waals surface area contributed by atoms with Gasteiger partial charge in [-0.3, -0.25) is 0 Å². The summed E-state index contributed by atoms with van der Waals surface area (Å²) in [5.41, 5.74) is 8.39. The molecule has 1 heterocycles. The highest BCUT2D eigenvalue weighted by Gasteiger charge is 2.03. The number of benzene rings is 1. The van der Waals surface area contributed by atoms with Gasteiger partial charge < -0.3 is 20.2 Å². The summed E-state index contributed by atoms with van der Waals surface area (Å²) in [6, 6.07) is 5.68. The summed E-state index contributed by atoms with van der Waals surface area (Å²) >= 11 is 1.65. The number of H-pyrrole nitrogens is 1. The van der Waals surface area contributed by atoms with E-state index in [1.54, 1.807) is 18.9 Å². The van der Waals surface area contributed by atoms with E-state index in [-0.39, 0.29) is 0 Å². The zero-order chi connectivity index (χ0) is 13.5. The first-order valence-corrected chi connectivity index (χ1v) is 7.23. The van der Waals surface area contributed by atoms with Gasteiger partial charge in [0.2, 0.25) is 0 Å². The second kappa shape index (κ2) is 7.37. The van der Waals surface area contributed by atoms with Crippen molar-refractivity contribution in [1.82, 2.24) is 9.97 Å².